The summed E-state index contributed by atoms with van der Waals surface area (Å²) in [5.74, 6) is 1.01. The van der Waals surface area contributed by atoms with E-state index in [1.165, 1.54) is 12.8 Å². The lowest BCUT2D eigenvalue weighted by atomic mass is 10.2. The second-order valence-electron chi connectivity index (χ2n) is 5.28. The largest absolute Gasteiger partial charge is 0.368 e. The Morgan fingerprint density at radius 3 is 2.47 bits per heavy atom. The Balaban J connectivity index is 2.02. The van der Waals surface area contributed by atoms with Crippen molar-refractivity contribution in [3.63, 3.8) is 0 Å². The van der Waals surface area contributed by atoms with E-state index in [2.05, 4.69) is 39.0 Å². The van der Waals surface area contributed by atoms with Crippen molar-refractivity contribution in [3.05, 3.63) is 5.82 Å². The lowest BCUT2D eigenvalue weighted by Gasteiger charge is -2.28. The summed E-state index contributed by atoms with van der Waals surface area (Å²) in [6.07, 6.45) is 2.48. The minimum Gasteiger partial charge on any atom is -0.368 e. The zero-order valence-electron chi connectivity index (χ0n) is 11.6. The minimum atomic E-state index is 0.185. The van der Waals surface area contributed by atoms with Gasteiger partial charge in [-0.05, 0) is 33.2 Å². The number of anilines is 2. The molecule has 0 saturated carbocycles. The summed E-state index contributed by atoms with van der Waals surface area (Å²) in [5, 5.41) is 3.51. The van der Waals surface area contributed by atoms with Crippen LogP contribution in [0, 0.1) is 0 Å². The summed E-state index contributed by atoms with van der Waals surface area (Å²) < 4.78 is 0. The number of nitrogens with two attached hydrogens (primary N) is 2. The molecule has 106 valence electrons. The van der Waals surface area contributed by atoms with Gasteiger partial charge in [0.1, 0.15) is 5.82 Å². The van der Waals surface area contributed by atoms with Gasteiger partial charge in [0.25, 0.3) is 0 Å². The molecule has 0 radical (unpaired) electrons. The number of nitrogen functional groups attached to an aromatic ring is 2. The zero-order chi connectivity index (χ0) is 13.8. The van der Waals surface area contributed by atoms with E-state index in [0.29, 0.717) is 24.5 Å². The minimum absolute atomic E-state index is 0.185. The van der Waals surface area contributed by atoms with Gasteiger partial charge in [-0.25, -0.2) is 0 Å². The van der Waals surface area contributed by atoms with Crippen LogP contribution in [0.5, 0.6) is 0 Å². The van der Waals surface area contributed by atoms with Gasteiger partial charge in [-0.2, -0.15) is 15.0 Å². The van der Waals surface area contributed by atoms with Gasteiger partial charge in [0.15, 0.2) is 0 Å². The smallest absolute Gasteiger partial charge is 0.225 e. The molecule has 2 heterocycles. The molecule has 19 heavy (non-hydrogen) atoms. The van der Waals surface area contributed by atoms with Crippen molar-refractivity contribution in [2.75, 3.05) is 24.6 Å². The fourth-order valence-electron chi connectivity index (χ4n) is 2.36. The molecular formula is C12H23N7. The average Bonchev–Trinajstić information content (AvgIpc) is 2.79. The number of rotatable bonds is 5. The third-order valence-electron chi connectivity index (χ3n) is 3.41. The molecule has 1 aromatic rings. The molecule has 0 aliphatic carbocycles. The third kappa shape index (κ3) is 4.00. The van der Waals surface area contributed by atoms with Gasteiger partial charge in [-0.3, -0.25) is 4.90 Å². The Morgan fingerprint density at radius 1 is 1.26 bits per heavy atom. The molecular weight excluding hydrogens is 242 g/mol. The molecule has 0 amide bonds. The van der Waals surface area contributed by atoms with Crippen molar-refractivity contribution in [1.29, 1.82) is 0 Å². The first-order chi connectivity index (χ1) is 9.04. The van der Waals surface area contributed by atoms with E-state index in [1.54, 1.807) is 0 Å². The zero-order valence-corrected chi connectivity index (χ0v) is 11.6. The number of hydrogen-bond acceptors (Lipinski definition) is 7. The summed E-state index contributed by atoms with van der Waals surface area (Å²) in [7, 11) is 0. The highest BCUT2D eigenvalue weighted by Gasteiger charge is 2.20. The SMILES string of the molecule is CC(C)N(Cc1nc(N)nc(N)n1)CC1CCCN1. The van der Waals surface area contributed by atoms with Crippen LogP contribution in [0.2, 0.25) is 0 Å². The second-order valence-corrected chi connectivity index (χ2v) is 5.28. The maximum atomic E-state index is 5.60. The van der Waals surface area contributed by atoms with Crippen molar-refractivity contribution >= 4 is 11.9 Å². The fourth-order valence-corrected chi connectivity index (χ4v) is 2.36. The molecule has 1 saturated heterocycles. The molecule has 7 heteroatoms. The van der Waals surface area contributed by atoms with E-state index < -0.39 is 0 Å². The molecule has 1 aromatic heterocycles. The third-order valence-corrected chi connectivity index (χ3v) is 3.41. The van der Waals surface area contributed by atoms with E-state index in [9.17, 15) is 0 Å². The predicted octanol–water partition coefficient (Wildman–Crippen LogP) is -0.00160. The highest BCUT2D eigenvalue weighted by atomic mass is 15.2. The molecule has 0 spiro atoms. The van der Waals surface area contributed by atoms with Gasteiger partial charge in [-0.15, -0.1) is 0 Å². The molecule has 5 N–H and O–H groups in total. The van der Waals surface area contributed by atoms with Crippen LogP contribution in [0.15, 0.2) is 0 Å². The summed E-state index contributed by atoms with van der Waals surface area (Å²) >= 11 is 0. The first-order valence-corrected chi connectivity index (χ1v) is 6.78. The first kappa shape index (κ1) is 14.0. The van der Waals surface area contributed by atoms with Gasteiger partial charge < -0.3 is 16.8 Å². The van der Waals surface area contributed by atoms with Crippen LogP contribution in [-0.4, -0.2) is 45.0 Å². The Bertz CT molecular complexity index is 394. The molecule has 0 aromatic carbocycles. The van der Waals surface area contributed by atoms with Crippen LogP contribution < -0.4 is 16.8 Å². The molecule has 1 aliphatic heterocycles. The summed E-state index contributed by atoms with van der Waals surface area (Å²) in [4.78, 5) is 14.4. The standard InChI is InChI=1S/C12H23N7/c1-8(2)19(6-9-4-3-5-15-9)7-10-16-11(13)18-12(14)17-10/h8-9,15H,3-7H2,1-2H3,(H4,13,14,16,17,18). The van der Waals surface area contributed by atoms with Crippen molar-refractivity contribution in [2.45, 2.75) is 45.3 Å². The monoisotopic (exact) mass is 265 g/mol. The van der Waals surface area contributed by atoms with Crippen molar-refractivity contribution in [3.8, 4) is 0 Å². The quantitative estimate of drug-likeness (QED) is 0.688. The van der Waals surface area contributed by atoms with Crippen molar-refractivity contribution in [2.24, 2.45) is 0 Å². The Morgan fingerprint density at radius 2 is 1.95 bits per heavy atom. The number of nitrogens with one attached hydrogen (secondary N) is 1. The molecule has 7 nitrogen and oxygen atoms in total. The molecule has 1 atom stereocenters. The Hall–Kier alpha value is -1.47. The number of nitrogens with zero attached hydrogens (tertiary/aromatic N) is 4. The lowest BCUT2D eigenvalue weighted by molar-refractivity contribution is 0.189. The van der Waals surface area contributed by atoms with Crippen LogP contribution >= 0.6 is 0 Å². The van der Waals surface area contributed by atoms with Crippen LogP contribution in [0.25, 0.3) is 0 Å². The Labute approximate surface area is 113 Å². The van der Waals surface area contributed by atoms with Crippen LogP contribution in [0.1, 0.15) is 32.5 Å². The molecule has 1 fully saturated rings. The van der Waals surface area contributed by atoms with Gasteiger partial charge in [0.2, 0.25) is 11.9 Å². The van der Waals surface area contributed by atoms with Gasteiger partial charge in [0, 0.05) is 18.6 Å². The van der Waals surface area contributed by atoms with E-state index in [4.69, 9.17) is 11.5 Å². The first-order valence-electron chi connectivity index (χ1n) is 6.78. The summed E-state index contributed by atoms with van der Waals surface area (Å²) in [5.41, 5.74) is 11.2. The van der Waals surface area contributed by atoms with Crippen LogP contribution in [0.4, 0.5) is 11.9 Å². The molecule has 1 unspecified atom stereocenters. The predicted molar refractivity (Wildman–Crippen MR) is 75.2 cm³/mol. The summed E-state index contributed by atoms with van der Waals surface area (Å²) in [6, 6.07) is 0.973. The highest BCUT2D eigenvalue weighted by Crippen LogP contribution is 2.12. The van der Waals surface area contributed by atoms with E-state index >= 15 is 0 Å². The van der Waals surface area contributed by atoms with E-state index in [1.807, 2.05) is 0 Å². The van der Waals surface area contributed by atoms with Crippen molar-refractivity contribution < 1.29 is 0 Å². The average molecular weight is 265 g/mol. The lowest BCUT2D eigenvalue weighted by Crippen LogP contribution is -2.41. The topological polar surface area (TPSA) is 106 Å². The molecule has 2 rings (SSSR count). The van der Waals surface area contributed by atoms with Gasteiger partial charge in [-0.1, -0.05) is 0 Å². The number of hydrogen-bond donors (Lipinski definition) is 3. The van der Waals surface area contributed by atoms with Crippen LogP contribution in [-0.2, 0) is 6.54 Å². The highest BCUT2D eigenvalue weighted by molar-refractivity contribution is 5.25. The van der Waals surface area contributed by atoms with Crippen LogP contribution in [0.3, 0.4) is 0 Å². The maximum Gasteiger partial charge on any atom is 0.225 e. The van der Waals surface area contributed by atoms with E-state index in [0.717, 1.165) is 13.1 Å². The number of aromatic nitrogens is 3. The second kappa shape index (κ2) is 6.12. The summed E-state index contributed by atoms with van der Waals surface area (Å²) in [6.45, 7) is 7.09. The molecule has 0 bridgehead atoms. The van der Waals surface area contributed by atoms with E-state index in [-0.39, 0.29) is 11.9 Å². The fraction of sp³-hybridized carbons (Fsp3) is 0.750. The molecule has 1 aliphatic rings. The van der Waals surface area contributed by atoms with Gasteiger partial charge >= 0.3 is 0 Å². The Kier molecular flexibility index (Phi) is 4.49. The van der Waals surface area contributed by atoms with Crippen molar-refractivity contribution in [1.82, 2.24) is 25.2 Å². The van der Waals surface area contributed by atoms with Gasteiger partial charge in [0.05, 0.1) is 6.54 Å². The maximum absolute atomic E-state index is 5.60. The normalized spacial score (nSPS) is 19.5.